The molecule has 1 heterocycles. The van der Waals surface area contributed by atoms with E-state index in [0.717, 1.165) is 12.8 Å². The third kappa shape index (κ3) is 5.58. The maximum atomic E-state index is 14.0. The Hall–Kier alpha value is -3.43. The number of aliphatic hydroxyl groups excluding tert-OH is 1. The van der Waals surface area contributed by atoms with Crippen molar-refractivity contribution in [3.8, 4) is 0 Å². The Bertz CT molecular complexity index is 1430. The first-order valence-corrected chi connectivity index (χ1v) is 13.9. The Morgan fingerprint density at radius 1 is 1.00 bits per heavy atom. The van der Waals surface area contributed by atoms with Gasteiger partial charge in [0.15, 0.2) is 0 Å². The van der Waals surface area contributed by atoms with E-state index in [0.29, 0.717) is 50.7 Å². The zero-order valence-electron chi connectivity index (χ0n) is 21.6. The van der Waals surface area contributed by atoms with Crippen LogP contribution in [-0.2, 0) is 16.2 Å². The summed E-state index contributed by atoms with van der Waals surface area (Å²) >= 11 is 12.9. The summed E-state index contributed by atoms with van der Waals surface area (Å²) in [6.07, 6.45) is 2.14. The predicted octanol–water partition coefficient (Wildman–Crippen LogP) is 4.92. The third-order valence-electron chi connectivity index (χ3n) is 7.64. The van der Waals surface area contributed by atoms with Gasteiger partial charge in [-0.05, 0) is 59.9 Å². The number of carbonyl (C=O) groups excluding carboxylic acids is 3. The first-order valence-electron chi connectivity index (χ1n) is 13.1. The number of hydrogen-bond acceptors (Lipinski definition) is 5. The number of hydroxylamine groups is 1. The van der Waals surface area contributed by atoms with Crippen LogP contribution in [0.5, 0.6) is 0 Å². The Morgan fingerprint density at radius 2 is 1.73 bits per heavy atom. The minimum absolute atomic E-state index is 0.0372. The second-order valence-electron chi connectivity index (χ2n) is 10.1. The zero-order valence-corrected chi connectivity index (χ0v) is 23.1. The number of primary amides is 1. The number of carbonyl (C=O) groups is 3. The molecule has 1 unspecified atom stereocenters. The maximum Gasteiger partial charge on any atom is 0.255 e. The van der Waals surface area contributed by atoms with Gasteiger partial charge in [0, 0.05) is 21.2 Å². The van der Waals surface area contributed by atoms with E-state index in [4.69, 9.17) is 33.8 Å². The van der Waals surface area contributed by atoms with Crippen LogP contribution >= 0.6 is 23.2 Å². The second-order valence-corrected chi connectivity index (χ2v) is 11.0. The van der Waals surface area contributed by atoms with E-state index in [-0.39, 0.29) is 12.5 Å². The number of rotatable bonds is 7. The smallest absolute Gasteiger partial charge is 0.255 e. The molecule has 3 aromatic rings. The summed E-state index contributed by atoms with van der Waals surface area (Å²) in [5, 5.41) is 11.7. The van der Waals surface area contributed by atoms with Crippen LogP contribution in [0.4, 0.5) is 0 Å². The van der Waals surface area contributed by atoms with Gasteiger partial charge in [-0.25, -0.2) is 5.48 Å². The van der Waals surface area contributed by atoms with Gasteiger partial charge in [-0.15, -0.1) is 0 Å². The van der Waals surface area contributed by atoms with Gasteiger partial charge >= 0.3 is 0 Å². The molecule has 1 aliphatic heterocycles. The van der Waals surface area contributed by atoms with Crippen molar-refractivity contribution in [2.45, 2.75) is 56.4 Å². The fourth-order valence-electron chi connectivity index (χ4n) is 5.71. The molecule has 0 saturated heterocycles. The molecule has 40 heavy (non-hydrogen) atoms. The monoisotopic (exact) mass is 581 g/mol. The Morgan fingerprint density at radius 3 is 2.42 bits per heavy atom. The van der Waals surface area contributed by atoms with Crippen LogP contribution in [0.1, 0.15) is 75.0 Å². The normalized spacial score (nSPS) is 22.5. The molecule has 8 nitrogen and oxygen atoms in total. The Kier molecular flexibility index (Phi) is 8.42. The molecule has 3 aromatic carbocycles. The number of amides is 3. The fraction of sp³-hybridized carbons (Fsp3) is 0.300. The quantitative estimate of drug-likeness (QED) is 0.342. The van der Waals surface area contributed by atoms with Crippen molar-refractivity contribution in [1.29, 1.82) is 0 Å². The lowest BCUT2D eigenvalue weighted by Gasteiger charge is -2.48. The van der Waals surface area contributed by atoms with Gasteiger partial charge < -0.3 is 15.7 Å². The maximum absolute atomic E-state index is 14.0. The lowest BCUT2D eigenvalue weighted by atomic mass is 9.77. The van der Waals surface area contributed by atoms with Crippen LogP contribution in [-0.4, -0.2) is 39.9 Å². The van der Waals surface area contributed by atoms with Crippen molar-refractivity contribution in [1.82, 2.24) is 10.4 Å². The van der Waals surface area contributed by atoms with Gasteiger partial charge in [-0.2, -0.15) is 0 Å². The fourth-order valence-corrected chi connectivity index (χ4v) is 6.23. The van der Waals surface area contributed by atoms with Gasteiger partial charge in [-0.3, -0.25) is 19.2 Å². The standard InChI is InChI=1S/C30H29Cl2N3O5/c31-19-13-14-22(23(32)15-19)27-26(29(38)34-40-16-17-9-11-18(12-10-17)28(33)37)20-5-1-2-6-21(20)30(39)35(27)24-7-3-4-8-25(24)36/h1-2,5-6,9-15,24-27,36H,3-4,7-8,16H2,(H2,33,37)(H,34,38)/t24-,25?,26+,27-/m0/s1. The van der Waals surface area contributed by atoms with E-state index in [1.54, 1.807) is 71.6 Å². The van der Waals surface area contributed by atoms with E-state index in [1.165, 1.54) is 0 Å². The molecule has 1 aliphatic carbocycles. The van der Waals surface area contributed by atoms with Crippen LogP contribution in [0.25, 0.3) is 0 Å². The molecule has 5 rings (SSSR count). The molecule has 0 spiro atoms. The molecule has 0 aromatic heterocycles. The summed E-state index contributed by atoms with van der Waals surface area (Å²) in [6.45, 7) is 0.0372. The Balaban J connectivity index is 1.51. The summed E-state index contributed by atoms with van der Waals surface area (Å²) in [4.78, 5) is 46.5. The van der Waals surface area contributed by atoms with Crippen molar-refractivity contribution in [2.24, 2.45) is 5.73 Å². The second kappa shape index (κ2) is 12.0. The molecule has 0 bridgehead atoms. The molecule has 3 amide bonds. The molecule has 208 valence electrons. The Labute approximate surface area is 242 Å². The van der Waals surface area contributed by atoms with Crippen LogP contribution in [0.2, 0.25) is 10.0 Å². The summed E-state index contributed by atoms with van der Waals surface area (Å²) in [5.74, 6) is -2.16. The van der Waals surface area contributed by atoms with Gasteiger partial charge in [0.25, 0.3) is 11.8 Å². The van der Waals surface area contributed by atoms with E-state index in [2.05, 4.69) is 5.48 Å². The van der Waals surface area contributed by atoms with Crippen molar-refractivity contribution < 1.29 is 24.3 Å². The summed E-state index contributed by atoms with van der Waals surface area (Å²) < 4.78 is 0. The number of nitrogens with zero attached hydrogens (tertiary/aromatic N) is 1. The highest BCUT2D eigenvalue weighted by Crippen LogP contribution is 2.47. The molecule has 4 N–H and O–H groups in total. The molecule has 4 atom stereocenters. The van der Waals surface area contributed by atoms with Crippen molar-refractivity contribution >= 4 is 40.9 Å². The number of nitrogens with one attached hydrogen (secondary N) is 1. The van der Waals surface area contributed by atoms with E-state index < -0.39 is 35.9 Å². The van der Waals surface area contributed by atoms with Crippen molar-refractivity contribution in [3.63, 3.8) is 0 Å². The van der Waals surface area contributed by atoms with E-state index in [9.17, 15) is 19.5 Å². The minimum atomic E-state index is -0.890. The van der Waals surface area contributed by atoms with Crippen LogP contribution < -0.4 is 11.2 Å². The lowest BCUT2D eigenvalue weighted by Crippen LogP contribution is -2.55. The van der Waals surface area contributed by atoms with Gasteiger partial charge in [-0.1, -0.05) is 72.4 Å². The van der Waals surface area contributed by atoms with Crippen molar-refractivity contribution in [3.05, 3.63) is 105 Å². The molecular weight excluding hydrogens is 553 g/mol. The highest BCUT2D eigenvalue weighted by Gasteiger charge is 2.49. The van der Waals surface area contributed by atoms with E-state index >= 15 is 0 Å². The lowest BCUT2D eigenvalue weighted by molar-refractivity contribution is -0.138. The molecule has 2 aliphatic rings. The molecule has 10 heteroatoms. The van der Waals surface area contributed by atoms with Gasteiger partial charge in [0.1, 0.15) is 0 Å². The molecule has 0 radical (unpaired) electrons. The van der Waals surface area contributed by atoms with Crippen LogP contribution in [0, 0.1) is 0 Å². The number of benzene rings is 3. The largest absolute Gasteiger partial charge is 0.391 e. The summed E-state index contributed by atoms with van der Waals surface area (Å²) in [6, 6.07) is 17.2. The number of hydrogen-bond donors (Lipinski definition) is 3. The van der Waals surface area contributed by atoms with Crippen LogP contribution in [0.3, 0.4) is 0 Å². The third-order valence-corrected chi connectivity index (χ3v) is 8.20. The average molecular weight is 582 g/mol. The van der Waals surface area contributed by atoms with Gasteiger partial charge in [0.2, 0.25) is 5.91 Å². The average Bonchev–Trinajstić information content (AvgIpc) is 2.94. The van der Waals surface area contributed by atoms with Crippen molar-refractivity contribution in [2.75, 3.05) is 0 Å². The first-order chi connectivity index (χ1) is 19.3. The predicted molar refractivity (Wildman–Crippen MR) is 151 cm³/mol. The number of fused-ring (bicyclic) bond motifs is 1. The molecule has 1 saturated carbocycles. The topological polar surface area (TPSA) is 122 Å². The van der Waals surface area contributed by atoms with Crippen LogP contribution in [0.15, 0.2) is 66.7 Å². The highest BCUT2D eigenvalue weighted by atomic mass is 35.5. The number of nitrogens with two attached hydrogens (primary N) is 1. The van der Waals surface area contributed by atoms with E-state index in [1.807, 2.05) is 0 Å². The van der Waals surface area contributed by atoms with Gasteiger partial charge in [0.05, 0.1) is 30.7 Å². The zero-order chi connectivity index (χ0) is 28.4. The minimum Gasteiger partial charge on any atom is -0.391 e. The first kappa shape index (κ1) is 28.1. The highest BCUT2D eigenvalue weighted by molar-refractivity contribution is 6.35. The summed E-state index contributed by atoms with van der Waals surface area (Å²) in [7, 11) is 0. The number of halogens is 2. The number of aliphatic hydroxyl groups is 1. The SMILES string of the molecule is NC(=O)c1ccc(CONC(=O)[C@@H]2c3ccccc3C(=O)N([C@H]3CCCCC3O)[C@H]2c2ccc(Cl)cc2Cl)cc1. The summed E-state index contributed by atoms with van der Waals surface area (Å²) in [5.41, 5.74) is 10.4. The molecule has 1 fully saturated rings. The molecular formula is C30H29Cl2N3O5.